The second-order valence-electron chi connectivity index (χ2n) is 4.08. The van der Waals surface area contributed by atoms with Gasteiger partial charge in [-0.05, 0) is 51.1 Å². The number of nitrogens with one attached hydrogen (secondary N) is 1. The topological polar surface area (TPSA) is 21.3 Å². The van der Waals surface area contributed by atoms with Gasteiger partial charge in [-0.3, -0.25) is 0 Å². The van der Waals surface area contributed by atoms with E-state index in [4.69, 9.17) is 4.74 Å². The molecule has 2 atom stereocenters. The summed E-state index contributed by atoms with van der Waals surface area (Å²) in [5, 5.41) is 3.45. The van der Waals surface area contributed by atoms with Crippen molar-refractivity contribution < 1.29 is 4.74 Å². The Bertz CT molecular complexity index is 126. The lowest BCUT2D eigenvalue weighted by atomic mass is 9.93. The number of ether oxygens (including phenoxy) is 1. The summed E-state index contributed by atoms with van der Waals surface area (Å²) in [6.07, 6.45) is 7.24. The Morgan fingerprint density at radius 1 is 1.25 bits per heavy atom. The standard InChI is InChI=1S/C10H19NO/c1-3-9(8-11-5-1)7-10-4-2-6-12-10/h9-11H,1-8H2/t9-,10-/m0/s1. The minimum absolute atomic E-state index is 0.592. The van der Waals surface area contributed by atoms with Gasteiger partial charge in [-0.15, -0.1) is 0 Å². The molecule has 2 aliphatic heterocycles. The molecule has 70 valence electrons. The summed E-state index contributed by atoms with van der Waals surface area (Å²) < 4.78 is 5.63. The highest BCUT2D eigenvalue weighted by molar-refractivity contribution is 4.75. The van der Waals surface area contributed by atoms with E-state index in [9.17, 15) is 0 Å². The van der Waals surface area contributed by atoms with Gasteiger partial charge in [0.25, 0.3) is 0 Å². The first-order chi connectivity index (χ1) is 5.95. The average Bonchev–Trinajstić information content (AvgIpc) is 2.59. The smallest absolute Gasteiger partial charge is 0.0579 e. The number of piperidine rings is 1. The second-order valence-corrected chi connectivity index (χ2v) is 4.08. The molecule has 2 fully saturated rings. The number of hydrogen-bond donors (Lipinski definition) is 1. The Labute approximate surface area is 74.7 Å². The van der Waals surface area contributed by atoms with Crippen LogP contribution in [0.1, 0.15) is 32.1 Å². The van der Waals surface area contributed by atoms with E-state index in [1.807, 2.05) is 0 Å². The van der Waals surface area contributed by atoms with Gasteiger partial charge in [-0.1, -0.05) is 0 Å². The molecule has 2 aliphatic rings. The molecule has 0 radical (unpaired) electrons. The molecule has 2 rings (SSSR count). The average molecular weight is 169 g/mol. The van der Waals surface area contributed by atoms with Crippen molar-refractivity contribution in [3.63, 3.8) is 0 Å². The van der Waals surface area contributed by atoms with Crippen molar-refractivity contribution in [2.45, 2.75) is 38.2 Å². The lowest BCUT2D eigenvalue weighted by Gasteiger charge is -2.24. The second kappa shape index (κ2) is 4.24. The van der Waals surface area contributed by atoms with Crippen LogP contribution in [0, 0.1) is 5.92 Å². The molecule has 12 heavy (non-hydrogen) atoms. The van der Waals surface area contributed by atoms with E-state index in [0.717, 1.165) is 12.5 Å². The van der Waals surface area contributed by atoms with E-state index in [1.165, 1.54) is 45.2 Å². The van der Waals surface area contributed by atoms with E-state index in [-0.39, 0.29) is 0 Å². The van der Waals surface area contributed by atoms with E-state index in [0.29, 0.717) is 6.10 Å². The molecule has 2 saturated heterocycles. The monoisotopic (exact) mass is 169 g/mol. The third-order valence-electron chi connectivity index (χ3n) is 3.02. The zero-order chi connectivity index (χ0) is 8.23. The van der Waals surface area contributed by atoms with Gasteiger partial charge >= 0.3 is 0 Å². The molecule has 2 heteroatoms. The summed E-state index contributed by atoms with van der Waals surface area (Å²) in [7, 11) is 0. The minimum Gasteiger partial charge on any atom is -0.378 e. The van der Waals surface area contributed by atoms with E-state index in [2.05, 4.69) is 5.32 Å². The van der Waals surface area contributed by atoms with Crippen LogP contribution in [-0.2, 0) is 4.74 Å². The predicted molar refractivity (Wildman–Crippen MR) is 49.2 cm³/mol. The van der Waals surface area contributed by atoms with Crippen LogP contribution in [0.5, 0.6) is 0 Å². The normalized spacial score (nSPS) is 37.0. The van der Waals surface area contributed by atoms with Crippen LogP contribution in [0.3, 0.4) is 0 Å². The molecule has 0 unspecified atom stereocenters. The molecule has 0 bridgehead atoms. The predicted octanol–water partition coefficient (Wildman–Crippen LogP) is 1.56. The van der Waals surface area contributed by atoms with Crippen molar-refractivity contribution >= 4 is 0 Å². The third kappa shape index (κ3) is 2.20. The molecular weight excluding hydrogens is 150 g/mol. The Kier molecular flexibility index (Phi) is 3.01. The summed E-state index contributed by atoms with van der Waals surface area (Å²) in [5.74, 6) is 0.891. The summed E-state index contributed by atoms with van der Waals surface area (Å²) in [6.45, 7) is 3.45. The number of hydrogen-bond acceptors (Lipinski definition) is 2. The lowest BCUT2D eigenvalue weighted by Crippen LogP contribution is -2.31. The van der Waals surface area contributed by atoms with Crippen molar-refractivity contribution in [3.8, 4) is 0 Å². The summed E-state index contributed by atoms with van der Waals surface area (Å²) in [4.78, 5) is 0. The SMILES string of the molecule is C1CNC[C@H](C[C@@H]2CCCO2)C1. The van der Waals surface area contributed by atoms with Crippen LogP contribution < -0.4 is 5.32 Å². The van der Waals surface area contributed by atoms with Gasteiger partial charge in [-0.2, -0.15) is 0 Å². The van der Waals surface area contributed by atoms with Crippen molar-refractivity contribution in [3.05, 3.63) is 0 Å². The van der Waals surface area contributed by atoms with Gasteiger partial charge in [-0.25, -0.2) is 0 Å². The van der Waals surface area contributed by atoms with Crippen LogP contribution in [0.2, 0.25) is 0 Å². The van der Waals surface area contributed by atoms with Gasteiger partial charge in [0.15, 0.2) is 0 Å². The van der Waals surface area contributed by atoms with Crippen molar-refractivity contribution in [2.75, 3.05) is 19.7 Å². The third-order valence-corrected chi connectivity index (χ3v) is 3.02. The maximum Gasteiger partial charge on any atom is 0.0579 e. The van der Waals surface area contributed by atoms with Crippen LogP contribution in [-0.4, -0.2) is 25.8 Å². The molecule has 0 aromatic heterocycles. The lowest BCUT2D eigenvalue weighted by molar-refractivity contribution is 0.0853. The minimum atomic E-state index is 0.592. The van der Waals surface area contributed by atoms with Gasteiger partial charge in [0.05, 0.1) is 6.10 Å². The van der Waals surface area contributed by atoms with E-state index >= 15 is 0 Å². The maximum atomic E-state index is 5.63. The summed E-state index contributed by atoms with van der Waals surface area (Å²) in [6, 6.07) is 0. The first kappa shape index (κ1) is 8.52. The highest BCUT2D eigenvalue weighted by Gasteiger charge is 2.21. The molecular formula is C10H19NO. The summed E-state index contributed by atoms with van der Waals surface area (Å²) >= 11 is 0. The Balaban J connectivity index is 1.69. The Hall–Kier alpha value is -0.0800. The molecule has 0 aromatic carbocycles. The van der Waals surface area contributed by atoms with Crippen LogP contribution >= 0.6 is 0 Å². The highest BCUT2D eigenvalue weighted by Crippen LogP contribution is 2.23. The molecule has 0 aliphatic carbocycles. The molecule has 0 amide bonds. The van der Waals surface area contributed by atoms with Gasteiger partial charge < -0.3 is 10.1 Å². The Morgan fingerprint density at radius 3 is 2.92 bits per heavy atom. The first-order valence-electron chi connectivity index (χ1n) is 5.27. The maximum absolute atomic E-state index is 5.63. The summed E-state index contributed by atoms with van der Waals surface area (Å²) in [5.41, 5.74) is 0. The van der Waals surface area contributed by atoms with Gasteiger partial charge in [0, 0.05) is 6.61 Å². The molecule has 0 aromatic rings. The van der Waals surface area contributed by atoms with Crippen LogP contribution in [0.15, 0.2) is 0 Å². The molecule has 0 saturated carbocycles. The van der Waals surface area contributed by atoms with Crippen molar-refractivity contribution in [2.24, 2.45) is 5.92 Å². The zero-order valence-corrected chi connectivity index (χ0v) is 7.72. The van der Waals surface area contributed by atoms with E-state index < -0.39 is 0 Å². The molecule has 2 nitrogen and oxygen atoms in total. The van der Waals surface area contributed by atoms with E-state index in [1.54, 1.807) is 0 Å². The largest absolute Gasteiger partial charge is 0.378 e. The van der Waals surface area contributed by atoms with Crippen molar-refractivity contribution in [1.82, 2.24) is 5.32 Å². The molecule has 1 N–H and O–H groups in total. The van der Waals surface area contributed by atoms with Crippen LogP contribution in [0.25, 0.3) is 0 Å². The van der Waals surface area contributed by atoms with Gasteiger partial charge in [0.1, 0.15) is 0 Å². The van der Waals surface area contributed by atoms with Crippen molar-refractivity contribution in [1.29, 1.82) is 0 Å². The molecule has 0 spiro atoms. The molecule has 2 heterocycles. The quantitative estimate of drug-likeness (QED) is 0.677. The van der Waals surface area contributed by atoms with Gasteiger partial charge in [0.2, 0.25) is 0 Å². The number of rotatable bonds is 2. The fourth-order valence-electron chi connectivity index (χ4n) is 2.33. The van der Waals surface area contributed by atoms with Crippen LogP contribution in [0.4, 0.5) is 0 Å². The Morgan fingerprint density at radius 2 is 2.25 bits per heavy atom. The zero-order valence-electron chi connectivity index (χ0n) is 7.72. The highest BCUT2D eigenvalue weighted by atomic mass is 16.5. The fourth-order valence-corrected chi connectivity index (χ4v) is 2.33. The fraction of sp³-hybridized carbons (Fsp3) is 1.00. The first-order valence-corrected chi connectivity index (χ1v) is 5.27.